The van der Waals surface area contributed by atoms with Crippen LogP contribution in [0.1, 0.15) is 90.9 Å². The van der Waals surface area contributed by atoms with E-state index in [4.69, 9.17) is 0 Å². The largest absolute Gasteiger partial charge is 0.300 e. The summed E-state index contributed by atoms with van der Waals surface area (Å²) in [5, 5.41) is 6.43. The maximum atomic E-state index is 14.5. The summed E-state index contributed by atoms with van der Waals surface area (Å²) in [6, 6.07) is 38.3. The fourth-order valence-electron chi connectivity index (χ4n) is 9.88. The van der Waals surface area contributed by atoms with E-state index in [1.807, 2.05) is 0 Å². The molecule has 2 heteroatoms. The first-order valence-corrected chi connectivity index (χ1v) is 21.4. The van der Waals surface area contributed by atoms with Crippen molar-refractivity contribution in [1.29, 1.82) is 0 Å². The number of benzene rings is 7. The summed E-state index contributed by atoms with van der Waals surface area (Å²) in [4.78, 5) is 14.5. The van der Waals surface area contributed by atoms with E-state index in [-0.39, 0.29) is 11.3 Å². The van der Waals surface area contributed by atoms with Crippen molar-refractivity contribution in [1.82, 2.24) is 0 Å². The molecule has 1 aliphatic heterocycles. The Morgan fingerprint density at radius 1 is 0.400 bits per heavy atom. The first-order chi connectivity index (χ1) is 26.4. The first-order valence-electron chi connectivity index (χ1n) is 19.9. The van der Waals surface area contributed by atoms with Crippen molar-refractivity contribution in [3.63, 3.8) is 0 Å². The minimum Gasteiger partial charge on any atom is -0.300 e. The van der Waals surface area contributed by atoms with Gasteiger partial charge in [0, 0.05) is 24.2 Å². The lowest BCUT2D eigenvalue weighted by Crippen LogP contribution is -2.26. The summed E-state index contributed by atoms with van der Waals surface area (Å²) in [6.07, 6.45) is 1.09. The third-order valence-corrected chi connectivity index (χ3v) is 17.0. The van der Waals surface area contributed by atoms with Gasteiger partial charge in [-0.3, -0.25) is 4.79 Å². The predicted molar refractivity (Wildman–Crippen MR) is 239 cm³/mol. The molecule has 0 radical (unpaired) electrons. The van der Waals surface area contributed by atoms with Crippen LogP contribution >= 0.6 is 7.92 Å². The third kappa shape index (κ3) is 5.98. The smallest absolute Gasteiger partial charge is 0.134 e. The highest BCUT2D eigenvalue weighted by Gasteiger charge is 2.43. The van der Waals surface area contributed by atoms with Gasteiger partial charge < -0.3 is 0 Å². The monoisotopic (exact) mass is 736 g/mol. The van der Waals surface area contributed by atoms with Crippen LogP contribution in [0.25, 0.3) is 43.8 Å². The van der Waals surface area contributed by atoms with Gasteiger partial charge in [0.15, 0.2) is 0 Å². The van der Waals surface area contributed by atoms with E-state index in [1.165, 1.54) is 116 Å². The molecule has 7 aromatic rings. The van der Waals surface area contributed by atoms with E-state index in [9.17, 15) is 4.79 Å². The summed E-state index contributed by atoms with van der Waals surface area (Å²) in [7, 11) is -1.03. The Morgan fingerprint density at radius 3 is 1.13 bits per heavy atom. The Balaban J connectivity index is 1.57. The quantitative estimate of drug-likeness (QED) is 0.161. The second-order valence-corrected chi connectivity index (χ2v) is 18.7. The molecule has 1 saturated heterocycles. The molecule has 2 atom stereocenters. The van der Waals surface area contributed by atoms with Crippen LogP contribution in [0.2, 0.25) is 0 Å². The zero-order valence-electron chi connectivity index (χ0n) is 34.2. The van der Waals surface area contributed by atoms with Gasteiger partial charge in [0.25, 0.3) is 0 Å². The summed E-state index contributed by atoms with van der Waals surface area (Å²) < 4.78 is 0. The van der Waals surface area contributed by atoms with E-state index in [0.717, 1.165) is 0 Å². The van der Waals surface area contributed by atoms with E-state index >= 15 is 0 Å². The number of fused-ring (bicyclic) bond motifs is 2. The van der Waals surface area contributed by atoms with E-state index in [2.05, 4.69) is 172 Å². The predicted octanol–water partition coefficient (Wildman–Crippen LogP) is 14.4. The molecule has 55 heavy (non-hydrogen) atoms. The van der Waals surface area contributed by atoms with Crippen LogP contribution in [0.5, 0.6) is 0 Å². The summed E-state index contributed by atoms with van der Waals surface area (Å²) >= 11 is 0. The Morgan fingerprint density at radius 2 is 0.727 bits per heavy atom. The minimum atomic E-state index is -1.03. The topological polar surface area (TPSA) is 17.1 Å². The number of ketones is 1. The lowest BCUT2D eigenvalue weighted by Gasteiger charge is -2.42. The van der Waals surface area contributed by atoms with E-state index in [1.54, 1.807) is 0 Å². The maximum absolute atomic E-state index is 14.5. The van der Waals surface area contributed by atoms with Gasteiger partial charge in [0.1, 0.15) is 5.78 Å². The highest BCUT2D eigenvalue weighted by Crippen LogP contribution is 2.69. The molecule has 0 saturated carbocycles. The highest BCUT2D eigenvalue weighted by molar-refractivity contribution is 7.67. The number of carbonyl (C=O) groups excluding carboxylic acids is 1. The van der Waals surface area contributed by atoms with Gasteiger partial charge in [0.05, 0.1) is 0 Å². The molecule has 2 unspecified atom stereocenters. The molecule has 1 heterocycles. The maximum Gasteiger partial charge on any atom is 0.134 e. The lowest BCUT2D eigenvalue weighted by atomic mass is 9.83. The summed E-state index contributed by atoms with van der Waals surface area (Å²) in [6.45, 7) is 23.1. The number of rotatable bonds is 5. The molecule has 0 aromatic heterocycles. The van der Waals surface area contributed by atoms with Crippen LogP contribution in [0.4, 0.5) is 0 Å². The molecule has 8 rings (SSSR count). The van der Waals surface area contributed by atoms with Crippen LogP contribution < -0.4 is 5.30 Å². The number of hydrogen-bond donors (Lipinski definition) is 0. The van der Waals surface area contributed by atoms with Crippen LogP contribution in [-0.2, 0) is 4.79 Å². The third-order valence-electron chi connectivity index (χ3n) is 13.7. The molecule has 1 fully saturated rings. The van der Waals surface area contributed by atoms with Crippen molar-refractivity contribution >= 4 is 40.6 Å². The second-order valence-electron chi connectivity index (χ2n) is 16.2. The fourth-order valence-corrected chi connectivity index (χ4v) is 13.7. The number of carbonyl (C=O) groups is 1. The van der Waals surface area contributed by atoms with Gasteiger partial charge in [0.2, 0.25) is 0 Å². The van der Waals surface area contributed by atoms with Gasteiger partial charge in [-0.05, 0) is 185 Å². The van der Waals surface area contributed by atoms with Gasteiger partial charge in [-0.25, -0.2) is 0 Å². The lowest BCUT2D eigenvalue weighted by molar-refractivity contribution is -0.119. The van der Waals surface area contributed by atoms with Crippen molar-refractivity contribution in [3.8, 4) is 22.3 Å². The van der Waals surface area contributed by atoms with Crippen molar-refractivity contribution in [2.24, 2.45) is 0 Å². The van der Waals surface area contributed by atoms with Crippen molar-refractivity contribution in [3.05, 3.63) is 170 Å². The van der Waals surface area contributed by atoms with Crippen molar-refractivity contribution in [2.75, 3.05) is 0 Å². The molecule has 7 aromatic carbocycles. The Hall–Kier alpha value is -4.84. The fraction of sp³-hybridized carbons (Fsp3) is 0.264. The van der Waals surface area contributed by atoms with Gasteiger partial charge in [-0.1, -0.05) is 111 Å². The summed E-state index contributed by atoms with van der Waals surface area (Å²) in [5.74, 6) is 0.359. The molecule has 0 spiro atoms. The van der Waals surface area contributed by atoms with Crippen LogP contribution in [-0.4, -0.2) is 5.78 Å². The van der Waals surface area contributed by atoms with E-state index < -0.39 is 7.92 Å². The molecule has 0 amide bonds. The molecule has 1 nitrogen and oxygen atoms in total. The van der Waals surface area contributed by atoms with Gasteiger partial charge >= 0.3 is 0 Å². The first kappa shape index (κ1) is 37.1. The molecule has 0 bridgehead atoms. The zero-order chi connectivity index (χ0) is 38.9. The number of Topliss-reactive ketones (excluding diaryl/α,β-unsaturated/α-hetero) is 1. The standard InChI is InChI=1S/C53H53OP/c1-30-32(3)36(7)51(37(8)33(30)4)47-26-17-27-48(52-38(9)34(5)31(2)35(6)39(52)10)53(47)55-49(45-24-15-20-40-18-11-13-22-43(40)45)28-42(54)29-50(55)46-25-16-21-41-19-12-14-23-44(41)46/h11-27,49-50H,28-29H2,1-10H3. The van der Waals surface area contributed by atoms with Gasteiger partial charge in [-0.15, -0.1) is 0 Å². The van der Waals surface area contributed by atoms with Crippen LogP contribution in [0, 0.1) is 69.2 Å². The van der Waals surface area contributed by atoms with Gasteiger partial charge in [-0.2, -0.15) is 0 Å². The Labute approximate surface area is 329 Å². The SMILES string of the molecule is Cc1c(C)c(C)c(-c2cccc(-c3c(C)c(C)c(C)c(C)c3C)c2P2C(c3cccc4ccccc34)CC(=O)CC2c2cccc3ccccc23)c(C)c1C. The zero-order valence-corrected chi connectivity index (χ0v) is 35.1. The van der Waals surface area contributed by atoms with Crippen molar-refractivity contribution < 1.29 is 4.79 Å². The number of hydrogen-bond acceptors (Lipinski definition) is 1. The molecule has 276 valence electrons. The van der Waals surface area contributed by atoms with Crippen molar-refractivity contribution in [2.45, 2.75) is 93.4 Å². The van der Waals surface area contributed by atoms with E-state index in [0.29, 0.717) is 18.6 Å². The minimum absolute atomic E-state index is 0.0349. The molecule has 1 aliphatic rings. The summed E-state index contributed by atoms with van der Waals surface area (Å²) in [5.41, 5.74) is 21.7. The Bertz CT molecular complexity index is 2450. The van der Waals surface area contributed by atoms with Crippen LogP contribution in [0.3, 0.4) is 0 Å². The highest BCUT2D eigenvalue weighted by atomic mass is 31.1. The Kier molecular flexibility index (Phi) is 9.68. The average molecular weight is 737 g/mol. The average Bonchev–Trinajstić information content (AvgIpc) is 3.20. The molecule has 0 aliphatic carbocycles. The molecular formula is C53H53OP. The molecule has 0 N–H and O–H groups in total. The second kappa shape index (κ2) is 14.3. The van der Waals surface area contributed by atoms with Crippen LogP contribution in [0.15, 0.2) is 103 Å². The molecular weight excluding hydrogens is 684 g/mol. The normalized spacial score (nSPS) is 17.3.